The van der Waals surface area contributed by atoms with Crippen LogP contribution in [0.2, 0.25) is 0 Å². The lowest BCUT2D eigenvalue weighted by atomic mass is 9.82. The fourth-order valence-electron chi connectivity index (χ4n) is 4.24. The minimum Gasteiger partial charge on any atom is -0.324 e. The van der Waals surface area contributed by atoms with Gasteiger partial charge in [0.2, 0.25) is 11.8 Å². The SMILES string of the molecule is CCCN(C)CC(=O)Nc1cccc2c1C(=O)c1c(NC(=O)CN(C)CCC)cccc1C2=O. The van der Waals surface area contributed by atoms with Gasteiger partial charge in [0.25, 0.3) is 0 Å². The highest BCUT2D eigenvalue weighted by atomic mass is 16.2. The molecule has 34 heavy (non-hydrogen) atoms. The Hall–Kier alpha value is -3.36. The Balaban J connectivity index is 1.92. The zero-order valence-corrected chi connectivity index (χ0v) is 20.2. The summed E-state index contributed by atoms with van der Waals surface area (Å²) >= 11 is 0. The first-order valence-electron chi connectivity index (χ1n) is 11.6. The van der Waals surface area contributed by atoms with Crippen molar-refractivity contribution in [3.8, 4) is 0 Å². The van der Waals surface area contributed by atoms with E-state index in [9.17, 15) is 19.2 Å². The van der Waals surface area contributed by atoms with Crippen molar-refractivity contribution < 1.29 is 19.2 Å². The van der Waals surface area contributed by atoms with E-state index in [4.69, 9.17) is 0 Å². The first-order chi connectivity index (χ1) is 16.3. The maximum atomic E-state index is 13.6. The van der Waals surface area contributed by atoms with E-state index in [-0.39, 0.29) is 52.9 Å². The van der Waals surface area contributed by atoms with E-state index in [0.717, 1.165) is 25.9 Å². The van der Waals surface area contributed by atoms with Crippen LogP contribution < -0.4 is 10.6 Å². The Morgan fingerprint density at radius 3 is 1.50 bits per heavy atom. The van der Waals surface area contributed by atoms with E-state index < -0.39 is 5.78 Å². The van der Waals surface area contributed by atoms with Crippen molar-refractivity contribution in [2.24, 2.45) is 0 Å². The van der Waals surface area contributed by atoms with E-state index in [1.54, 1.807) is 36.4 Å². The Labute approximate surface area is 200 Å². The van der Waals surface area contributed by atoms with Crippen molar-refractivity contribution >= 4 is 34.8 Å². The molecule has 0 saturated carbocycles. The molecule has 3 rings (SSSR count). The molecule has 2 N–H and O–H groups in total. The lowest BCUT2D eigenvalue weighted by Gasteiger charge is -2.23. The maximum absolute atomic E-state index is 13.6. The quantitative estimate of drug-likeness (QED) is 0.479. The van der Waals surface area contributed by atoms with Gasteiger partial charge in [0.05, 0.1) is 35.6 Å². The predicted octanol–water partition coefficient (Wildman–Crippen LogP) is 3.02. The summed E-state index contributed by atoms with van der Waals surface area (Å²) in [7, 11) is 3.70. The Morgan fingerprint density at radius 2 is 1.12 bits per heavy atom. The van der Waals surface area contributed by atoms with Crippen LogP contribution in [0.15, 0.2) is 36.4 Å². The number of likely N-dealkylation sites (N-methyl/N-ethyl adjacent to an activating group) is 2. The van der Waals surface area contributed by atoms with E-state index in [1.165, 1.54) is 0 Å². The number of benzene rings is 2. The van der Waals surface area contributed by atoms with Gasteiger partial charge in [-0.05, 0) is 52.2 Å². The molecule has 1 aliphatic carbocycles. The van der Waals surface area contributed by atoms with E-state index >= 15 is 0 Å². The predicted molar refractivity (Wildman–Crippen MR) is 133 cm³/mol. The number of nitrogens with zero attached hydrogens (tertiary/aromatic N) is 2. The minimum absolute atomic E-state index is 0.149. The van der Waals surface area contributed by atoms with Crippen molar-refractivity contribution in [3.05, 3.63) is 58.7 Å². The fraction of sp³-hybridized carbons (Fsp3) is 0.385. The summed E-state index contributed by atoms with van der Waals surface area (Å²) < 4.78 is 0. The molecule has 2 amide bonds. The largest absolute Gasteiger partial charge is 0.324 e. The smallest absolute Gasteiger partial charge is 0.238 e. The summed E-state index contributed by atoms with van der Waals surface area (Å²) in [5, 5.41) is 5.59. The van der Waals surface area contributed by atoms with E-state index in [2.05, 4.69) is 10.6 Å². The second kappa shape index (κ2) is 11.2. The van der Waals surface area contributed by atoms with Gasteiger partial charge in [-0.2, -0.15) is 0 Å². The van der Waals surface area contributed by atoms with Crippen molar-refractivity contribution in [1.82, 2.24) is 9.80 Å². The fourth-order valence-corrected chi connectivity index (χ4v) is 4.24. The lowest BCUT2D eigenvalue weighted by Crippen LogP contribution is -2.33. The normalized spacial score (nSPS) is 12.5. The number of nitrogens with one attached hydrogen (secondary N) is 2. The monoisotopic (exact) mass is 464 g/mol. The van der Waals surface area contributed by atoms with Crippen LogP contribution >= 0.6 is 0 Å². The molecule has 0 aliphatic heterocycles. The van der Waals surface area contributed by atoms with Crippen LogP contribution in [0.5, 0.6) is 0 Å². The summed E-state index contributed by atoms with van der Waals surface area (Å²) in [5.41, 5.74) is 1.36. The molecule has 2 aromatic carbocycles. The van der Waals surface area contributed by atoms with Crippen molar-refractivity contribution in [1.29, 1.82) is 0 Å². The van der Waals surface area contributed by atoms with Crippen LogP contribution in [-0.4, -0.2) is 73.5 Å². The molecule has 0 saturated heterocycles. The first kappa shape index (κ1) is 25.3. The van der Waals surface area contributed by atoms with Gasteiger partial charge in [-0.3, -0.25) is 29.0 Å². The molecule has 1 aliphatic rings. The van der Waals surface area contributed by atoms with E-state index in [0.29, 0.717) is 11.4 Å². The number of amides is 2. The molecule has 0 fully saturated rings. The average molecular weight is 465 g/mol. The minimum atomic E-state index is -0.403. The van der Waals surface area contributed by atoms with Gasteiger partial charge in [0.15, 0.2) is 11.6 Å². The second-order valence-corrected chi connectivity index (χ2v) is 8.69. The highest BCUT2D eigenvalue weighted by Gasteiger charge is 2.34. The number of hydrogen-bond donors (Lipinski definition) is 2. The summed E-state index contributed by atoms with van der Waals surface area (Å²) in [5.74, 6) is -1.25. The van der Waals surface area contributed by atoms with Gasteiger partial charge >= 0.3 is 0 Å². The molecular weight excluding hydrogens is 432 g/mol. The molecule has 8 nitrogen and oxygen atoms in total. The second-order valence-electron chi connectivity index (χ2n) is 8.69. The number of rotatable bonds is 10. The lowest BCUT2D eigenvalue weighted by molar-refractivity contribution is -0.117. The van der Waals surface area contributed by atoms with Gasteiger partial charge in [0, 0.05) is 11.1 Å². The maximum Gasteiger partial charge on any atom is 0.238 e. The summed E-state index contributed by atoms with van der Waals surface area (Å²) in [6.07, 6.45) is 1.83. The first-order valence-corrected chi connectivity index (χ1v) is 11.6. The molecule has 8 heteroatoms. The third-order valence-corrected chi connectivity index (χ3v) is 5.66. The van der Waals surface area contributed by atoms with Crippen LogP contribution in [0, 0.1) is 0 Å². The number of ketones is 2. The molecule has 0 spiro atoms. The van der Waals surface area contributed by atoms with Crippen LogP contribution in [-0.2, 0) is 9.59 Å². The number of fused-ring (bicyclic) bond motifs is 2. The topological polar surface area (TPSA) is 98.8 Å². The molecule has 0 radical (unpaired) electrons. The summed E-state index contributed by atoms with van der Waals surface area (Å²) in [6, 6.07) is 9.71. The van der Waals surface area contributed by atoms with Crippen molar-refractivity contribution in [2.75, 3.05) is 50.9 Å². The van der Waals surface area contributed by atoms with Crippen LogP contribution in [0.25, 0.3) is 0 Å². The number of anilines is 2. The molecule has 180 valence electrons. The third kappa shape index (κ3) is 5.58. The zero-order chi connectivity index (χ0) is 24.8. The Bertz CT molecular complexity index is 1030. The molecule has 0 atom stereocenters. The highest BCUT2D eigenvalue weighted by Crippen LogP contribution is 2.35. The van der Waals surface area contributed by atoms with E-state index in [1.807, 2.05) is 37.7 Å². The standard InChI is InChI=1S/C26H32N4O4/c1-5-13-29(3)15-21(31)27-19-11-7-9-17-23(19)26(34)24-18(25(17)33)10-8-12-20(24)28-22(32)16-30(4)14-6-2/h7-12H,5-6,13-16H2,1-4H3,(H,27,31)(H,28,32). The van der Waals surface area contributed by atoms with Crippen molar-refractivity contribution in [2.45, 2.75) is 26.7 Å². The van der Waals surface area contributed by atoms with Crippen molar-refractivity contribution in [3.63, 3.8) is 0 Å². The zero-order valence-electron chi connectivity index (χ0n) is 20.2. The molecular formula is C26H32N4O4. The molecule has 0 heterocycles. The third-order valence-electron chi connectivity index (χ3n) is 5.66. The summed E-state index contributed by atoms with van der Waals surface area (Å²) in [6.45, 7) is 5.93. The molecule has 0 unspecified atom stereocenters. The van der Waals surface area contributed by atoms with Gasteiger partial charge < -0.3 is 10.6 Å². The van der Waals surface area contributed by atoms with Crippen LogP contribution in [0.3, 0.4) is 0 Å². The number of hydrogen-bond acceptors (Lipinski definition) is 6. The van der Waals surface area contributed by atoms with Gasteiger partial charge in [0.1, 0.15) is 0 Å². The van der Waals surface area contributed by atoms with Gasteiger partial charge in [-0.15, -0.1) is 0 Å². The number of carbonyl (C=O) groups is 4. The van der Waals surface area contributed by atoms with Crippen LogP contribution in [0.1, 0.15) is 58.5 Å². The number of carbonyl (C=O) groups excluding carboxylic acids is 4. The van der Waals surface area contributed by atoms with Gasteiger partial charge in [-0.1, -0.05) is 38.1 Å². The van der Waals surface area contributed by atoms with Crippen LogP contribution in [0.4, 0.5) is 11.4 Å². The molecule has 0 aromatic heterocycles. The van der Waals surface area contributed by atoms with Gasteiger partial charge in [-0.25, -0.2) is 0 Å². The Kier molecular flexibility index (Phi) is 8.31. The molecule has 2 aromatic rings. The molecule has 0 bridgehead atoms. The highest BCUT2D eigenvalue weighted by molar-refractivity contribution is 6.32. The summed E-state index contributed by atoms with van der Waals surface area (Å²) in [4.78, 5) is 55.8. The Morgan fingerprint density at radius 1 is 0.706 bits per heavy atom. The average Bonchev–Trinajstić information content (AvgIpc) is 2.77.